The molecule has 0 aromatic heterocycles. The van der Waals surface area contributed by atoms with Crippen LogP contribution in [0.15, 0.2) is 12.3 Å². The van der Waals surface area contributed by atoms with Gasteiger partial charge in [0.25, 0.3) is 0 Å². The molecule has 0 radical (unpaired) electrons. The summed E-state index contributed by atoms with van der Waals surface area (Å²) in [5.41, 5.74) is -0.278. The predicted octanol–water partition coefficient (Wildman–Crippen LogP) is 3.91. The Hall–Kier alpha value is -1.32. The van der Waals surface area contributed by atoms with E-state index in [0.717, 1.165) is 0 Å². The van der Waals surface area contributed by atoms with E-state index in [-0.39, 0.29) is 22.7 Å². The number of amides is 1. The Morgan fingerprint density at radius 3 is 2.14 bits per heavy atom. The van der Waals surface area contributed by atoms with Gasteiger partial charge >= 0.3 is 5.97 Å². The number of allylic oxidation sites excluding steroid dienone is 1. The van der Waals surface area contributed by atoms with Gasteiger partial charge in [-0.15, -0.1) is 0 Å². The number of esters is 1. The summed E-state index contributed by atoms with van der Waals surface area (Å²) in [4.78, 5) is 26.8. The fourth-order valence-electron chi connectivity index (χ4n) is 2.63. The summed E-state index contributed by atoms with van der Waals surface area (Å²) in [5.74, 6) is -0.402. The summed E-state index contributed by atoms with van der Waals surface area (Å²) >= 11 is 0. The van der Waals surface area contributed by atoms with E-state index in [9.17, 15) is 9.59 Å². The average molecular weight is 309 g/mol. The van der Waals surface area contributed by atoms with E-state index in [4.69, 9.17) is 4.74 Å². The summed E-state index contributed by atoms with van der Waals surface area (Å²) in [7, 11) is 0. The number of likely N-dealkylation sites (tertiary alicyclic amines) is 1. The van der Waals surface area contributed by atoms with Crippen LogP contribution in [-0.4, -0.2) is 28.4 Å². The van der Waals surface area contributed by atoms with Crippen molar-refractivity contribution in [1.29, 1.82) is 0 Å². The Kier molecular flexibility index (Phi) is 4.86. The second-order valence-corrected chi connectivity index (χ2v) is 9.09. The molecule has 4 nitrogen and oxygen atoms in total. The zero-order valence-electron chi connectivity index (χ0n) is 15.4. The highest BCUT2D eigenvalue weighted by Crippen LogP contribution is 2.44. The molecule has 0 bridgehead atoms. The van der Waals surface area contributed by atoms with Crippen LogP contribution in [0, 0.1) is 10.8 Å². The fourth-order valence-corrected chi connectivity index (χ4v) is 2.63. The van der Waals surface area contributed by atoms with Gasteiger partial charge in [0.2, 0.25) is 5.91 Å². The van der Waals surface area contributed by atoms with Gasteiger partial charge in [-0.2, -0.15) is 0 Å². The molecule has 1 saturated heterocycles. The van der Waals surface area contributed by atoms with E-state index in [1.807, 2.05) is 55.4 Å². The molecule has 22 heavy (non-hydrogen) atoms. The van der Waals surface area contributed by atoms with Gasteiger partial charge in [-0.05, 0) is 32.6 Å². The molecule has 1 heterocycles. The number of hydrogen-bond donors (Lipinski definition) is 0. The minimum Gasteiger partial charge on any atom is -0.458 e. The number of hydrogen-bond acceptors (Lipinski definition) is 3. The zero-order valence-corrected chi connectivity index (χ0v) is 15.4. The van der Waals surface area contributed by atoms with Crippen molar-refractivity contribution in [2.45, 2.75) is 79.9 Å². The Bertz CT molecular complexity index is 478. The number of carbonyl (C=O) groups excluding carboxylic acids is 2. The second-order valence-electron chi connectivity index (χ2n) is 9.09. The molecule has 1 fully saturated rings. The van der Waals surface area contributed by atoms with Crippen LogP contribution in [0.25, 0.3) is 0 Å². The molecule has 1 amide bonds. The minimum atomic E-state index is -0.573. The van der Waals surface area contributed by atoms with E-state index in [0.29, 0.717) is 18.5 Å². The molecule has 0 aromatic rings. The van der Waals surface area contributed by atoms with Crippen molar-refractivity contribution >= 4 is 11.9 Å². The smallest absolute Gasteiger partial charge is 0.329 e. The van der Waals surface area contributed by atoms with E-state index >= 15 is 0 Å². The van der Waals surface area contributed by atoms with Crippen molar-refractivity contribution in [2.24, 2.45) is 10.8 Å². The molecule has 1 rings (SSSR count). The van der Waals surface area contributed by atoms with Crippen LogP contribution in [0.5, 0.6) is 0 Å². The third kappa shape index (κ3) is 4.59. The third-order valence-electron chi connectivity index (χ3n) is 3.72. The highest BCUT2D eigenvalue weighted by molar-refractivity contribution is 5.87. The molecule has 0 aromatic carbocycles. The highest BCUT2D eigenvalue weighted by atomic mass is 16.6. The molecular weight excluding hydrogens is 278 g/mol. The standard InChI is InChI=1S/C18H31NO3/c1-12-18(8,9)10-13(15(21)22-17(5,6)7)19(12)14(20)11-16(2,3)4/h13H,1,10-11H2,2-9H3/t13-/m0/s1. The summed E-state index contributed by atoms with van der Waals surface area (Å²) in [5, 5.41) is 0. The van der Waals surface area contributed by atoms with Crippen LogP contribution in [0.2, 0.25) is 0 Å². The van der Waals surface area contributed by atoms with Gasteiger partial charge in [0, 0.05) is 17.5 Å². The maximum absolute atomic E-state index is 12.7. The van der Waals surface area contributed by atoms with Crippen molar-refractivity contribution in [3.63, 3.8) is 0 Å². The van der Waals surface area contributed by atoms with Crippen molar-refractivity contribution < 1.29 is 14.3 Å². The highest BCUT2D eigenvalue weighted by Gasteiger charge is 2.48. The third-order valence-corrected chi connectivity index (χ3v) is 3.72. The normalized spacial score (nSPS) is 21.9. The first-order valence-corrected chi connectivity index (χ1v) is 7.88. The molecule has 0 saturated carbocycles. The number of ether oxygens (including phenoxy) is 1. The summed E-state index contributed by atoms with van der Waals surface area (Å²) < 4.78 is 5.50. The number of carbonyl (C=O) groups is 2. The first kappa shape index (κ1) is 18.7. The van der Waals surface area contributed by atoms with Gasteiger partial charge < -0.3 is 9.64 Å². The van der Waals surface area contributed by atoms with Crippen LogP contribution < -0.4 is 0 Å². The van der Waals surface area contributed by atoms with Gasteiger partial charge in [0.05, 0.1) is 0 Å². The molecule has 0 spiro atoms. The summed E-state index contributed by atoms with van der Waals surface area (Å²) in [6.45, 7) is 19.6. The largest absolute Gasteiger partial charge is 0.458 e. The lowest BCUT2D eigenvalue weighted by Gasteiger charge is -2.30. The Morgan fingerprint density at radius 2 is 1.73 bits per heavy atom. The Balaban J connectivity index is 3.05. The van der Waals surface area contributed by atoms with Crippen LogP contribution in [-0.2, 0) is 14.3 Å². The van der Waals surface area contributed by atoms with Crippen LogP contribution in [0.3, 0.4) is 0 Å². The molecule has 0 unspecified atom stereocenters. The van der Waals surface area contributed by atoms with Crippen molar-refractivity contribution in [3.05, 3.63) is 12.3 Å². The molecule has 1 aliphatic rings. The van der Waals surface area contributed by atoms with Crippen LogP contribution in [0.4, 0.5) is 0 Å². The van der Waals surface area contributed by atoms with E-state index in [1.165, 1.54) is 0 Å². The van der Waals surface area contributed by atoms with Gasteiger partial charge in [-0.1, -0.05) is 41.2 Å². The zero-order chi connectivity index (χ0) is 17.5. The topological polar surface area (TPSA) is 46.6 Å². The van der Waals surface area contributed by atoms with Gasteiger partial charge in [-0.3, -0.25) is 4.79 Å². The van der Waals surface area contributed by atoms with Crippen LogP contribution in [0.1, 0.15) is 68.2 Å². The quantitative estimate of drug-likeness (QED) is 0.727. The molecule has 126 valence electrons. The van der Waals surface area contributed by atoms with Gasteiger partial charge in [-0.25, -0.2) is 4.79 Å². The lowest BCUT2D eigenvalue weighted by molar-refractivity contribution is -0.162. The Labute approximate surface area is 134 Å². The van der Waals surface area contributed by atoms with E-state index in [1.54, 1.807) is 4.90 Å². The first-order valence-electron chi connectivity index (χ1n) is 7.88. The van der Waals surface area contributed by atoms with Crippen molar-refractivity contribution in [3.8, 4) is 0 Å². The SMILES string of the molecule is C=C1N(C(=O)CC(C)(C)C)[C@H](C(=O)OC(C)(C)C)CC1(C)C. The average Bonchev–Trinajstić information content (AvgIpc) is 2.45. The molecule has 4 heteroatoms. The molecule has 0 aliphatic carbocycles. The lowest BCUT2D eigenvalue weighted by Crippen LogP contribution is -2.43. The molecular formula is C18H31NO3. The molecule has 1 aliphatic heterocycles. The van der Waals surface area contributed by atoms with E-state index < -0.39 is 11.6 Å². The molecule has 1 atom stereocenters. The number of rotatable bonds is 2. The maximum Gasteiger partial charge on any atom is 0.329 e. The monoisotopic (exact) mass is 309 g/mol. The molecule has 0 N–H and O–H groups in total. The maximum atomic E-state index is 12.7. The fraction of sp³-hybridized carbons (Fsp3) is 0.778. The van der Waals surface area contributed by atoms with Crippen molar-refractivity contribution in [1.82, 2.24) is 4.90 Å². The summed E-state index contributed by atoms with van der Waals surface area (Å²) in [6, 6.07) is -0.573. The van der Waals surface area contributed by atoms with Crippen molar-refractivity contribution in [2.75, 3.05) is 0 Å². The number of nitrogens with zero attached hydrogens (tertiary/aromatic N) is 1. The first-order chi connectivity index (χ1) is 9.64. The minimum absolute atomic E-state index is 0.0565. The van der Waals surface area contributed by atoms with Gasteiger partial charge in [0.15, 0.2) is 0 Å². The van der Waals surface area contributed by atoms with E-state index in [2.05, 4.69) is 6.58 Å². The van der Waals surface area contributed by atoms with Gasteiger partial charge in [0.1, 0.15) is 11.6 Å². The summed E-state index contributed by atoms with van der Waals surface area (Å²) in [6.07, 6.45) is 0.929. The Morgan fingerprint density at radius 1 is 1.23 bits per heavy atom. The predicted molar refractivity (Wildman–Crippen MR) is 88.1 cm³/mol. The lowest BCUT2D eigenvalue weighted by atomic mass is 9.88. The van der Waals surface area contributed by atoms with Crippen LogP contribution >= 0.6 is 0 Å². The second kappa shape index (κ2) is 5.71.